The highest BCUT2D eigenvalue weighted by atomic mass is 32.2. The molecule has 0 aromatic carbocycles. The largest absolute Gasteiger partial charge is 0.481 e. The van der Waals surface area contributed by atoms with Crippen molar-refractivity contribution >= 4 is 15.8 Å². The van der Waals surface area contributed by atoms with E-state index in [1.807, 2.05) is 13.8 Å². The number of hydrogen-bond acceptors (Lipinski definition) is 6. The summed E-state index contributed by atoms with van der Waals surface area (Å²) in [5.41, 5.74) is 0. The van der Waals surface area contributed by atoms with Crippen molar-refractivity contribution in [2.45, 2.75) is 38.5 Å². The van der Waals surface area contributed by atoms with E-state index in [2.05, 4.69) is 0 Å². The van der Waals surface area contributed by atoms with Crippen LogP contribution in [0.25, 0.3) is 0 Å². The van der Waals surface area contributed by atoms with Crippen molar-refractivity contribution in [1.29, 1.82) is 0 Å². The fourth-order valence-corrected chi connectivity index (χ4v) is 3.77. The molecule has 0 aromatic heterocycles. The molecule has 0 aromatic rings. The number of β-amino-alcohol motifs (C(OH)–C–C–N with tert-alkyl or cyclic N) is 1. The van der Waals surface area contributed by atoms with Gasteiger partial charge in [-0.1, -0.05) is 0 Å². The summed E-state index contributed by atoms with van der Waals surface area (Å²) in [5, 5.41) is 18.7. The maximum absolute atomic E-state index is 11.6. The standard InChI is InChI=1S/C12H23NO6S/c1-9(2)19-7-11(14)6-13-3-4-20(17,18)8-10(13)5-12(15)16/h9-11,14H,3-8H2,1-2H3,(H,15,16). The van der Waals surface area contributed by atoms with Crippen LogP contribution in [0.15, 0.2) is 0 Å². The Morgan fingerprint density at radius 2 is 2.10 bits per heavy atom. The molecule has 1 rings (SSSR count). The van der Waals surface area contributed by atoms with Crippen molar-refractivity contribution in [3.8, 4) is 0 Å². The van der Waals surface area contributed by atoms with Gasteiger partial charge in [0.15, 0.2) is 9.84 Å². The fourth-order valence-electron chi connectivity index (χ4n) is 2.18. The molecule has 8 heteroatoms. The van der Waals surface area contributed by atoms with Crippen LogP contribution in [0.4, 0.5) is 0 Å². The predicted molar refractivity (Wildman–Crippen MR) is 73.4 cm³/mol. The van der Waals surface area contributed by atoms with Crippen LogP contribution in [0, 0.1) is 0 Å². The monoisotopic (exact) mass is 309 g/mol. The Hall–Kier alpha value is -0.700. The third-order valence-corrected chi connectivity index (χ3v) is 4.83. The zero-order chi connectivity index (χ0) is 15.3. The van der Waals surface area contributed by atoms with Crippen molar-refractivity contribution < 1.29 is 28.2 Å². The van der Waals surface area contributed by atoms with Gasteiger partial charge < -0.3 is 14.9 Å². The Balaban J connectivity index is 2.58. The van der Waals surface area contributed by atoms with Crippen LogP contribution in [0.5, 0.6) is 0 Å². The molecule has 1 aliphatic heterocycles. The summed E-state index contributed by atoms with van der Waals surface area (Å²) >= 11 is 0. The number of carboxylic acid groups (broad SMARTS) is 1. The molecule has 2 atom stereocenters. The second-order valence-electron chi connectivity index (χ2n) is 5.40. The van der Waals surface area contributed by atoms with Gasteiger partial charge in [0, 0.05) is 19.1 Å². The van der Waals surface area contributed by atoms with Gasteiger partial charge in [0.2, 0.25) is 0 Å². The molecule has 0 bridgehead atoms. The van der Waals surface area contributed by atoms with Crippen molar-refractivity contribution in [2.75, 3.05) is 31.2 Å². The average Bonchev–Trinajstić information content (AvgIpc) is 2.29. The van der Waals surface area contributed by atoms with Crippen LogP contribution < -0.4 is 0 Å². The quantitative estimate of drug-likeness (QED) is 0.643. The third kappa shape index (κ3) is 6.17. The van der Waals surface area contributed by atoms with E-state index in [0.29, 0.717) is 0 Å². The van der Waals surface area contributed by atoms with Crippen molar-refractivity contribution in [1.82, 2.24) is 4.90 Å². The lowest BCUT2D eigenvalue weighted by Gasteiger charge is -2.35. The van der Waals surface area contributed by atoms with Gasteiger partial charge in [0.1, 0.15) is 0 Å². The number of sulfone groups is 1. The lowest BCUT2D eigenvalue weighted by atomic mass is 10.2. The lowest BCUT2D eigenvalue weighted by molar-refractivity contribution is -0.138. The predicted octanol–water partition coefficient (Wildman–Crippen LogP) is -0.654. The molecule has 0 aliphatic carbocycles. The topological polar surface area (TPSA) is 104 Å². The molecule has 20 heavy (non-hydrogen) atoms. The minimum absolute atomic E-state index is 0.000870. The molecule has 118 valence electrons. The highest BCUT2D eigenvalue weighted by molar-refractivity contribution is 7.91. The number of ether oxygens (including phenoxy) is 1. The molecule has 1 heterocycles. The van der Waals surface area contributed by atoms with Crippen molar-refractivity contribution in [2.24, 2.45) is 0 Å². The first-order chi connectivity index (χ1) is 9.19. The Morgan fingerprint density at radius 1 is 1.45 bits per heavy atom. The van der Waals surface area contributed by atoms with Gasteiger partial charge in [-0.05, 0) is 13.8 Å². The minimum atomic E-state index is -3.19. The highest BCUT2D eigenvalue weighted by Gasteiger charge is 2.33. The summed E-state index contributed by atoms with van der Waals surface area (Å²) in [7, 11) is -3.19. The average molecular weight is 309 g/mol. The van der Waals surface area contributed by atoms with E-state index in [0.717, 1.165) is 0 Å². The molecule has 2 N–H and O–H groups in total. The van der Waals surface area contributed by atoms with E-state index >= 15 is 0 Å². The van der Waals surface area contributed by atoms with E-state index in [1.54, 1.807) is 4.90 Å². The van der Waals surface area contributed by atoms with Crippen molar-refractivity contribution in [3.63, 3.8) is 0 Å². The highest BCUT2D eigenvalue weighted by Crippen LogP contribution is 2.15. The lowest BCUT2D eigenvalue weighted by Crippen LogP contribution is -2.52. The van der Waals surface area contributed by atoms with Gasteiger partial charge in [-0.2, -0.15) is 0 Å². The van der Waals surface area contributed by atoms with E-state index in [-0.39, 0.29) is 43.7 Å². The second kappa shape index (κ2) is 7.35. The number of carbonyl (C=O) groups is 1. The zero-order valence-electron chi connectivity index (χ0n) is 11.9. The van der Waals surface area contributed by atoms with E-state index in [9.17, 15) is 18.3 Å². The molecule has 1 aliphatic rings. The summed E-state index contributed by atoms with van der Waals surface area (Å²) in [6.07, 6.45) is -0.993. The van der Waals surface area contributed by atoms with Gasteiger partial charge in [0.25, 0.3) is 0 Å². The third-order valence-electron chi connectivity index (χ3n) is 3.13. The van der Waals surface area contributed by atoms with Crippen LogP contribution in [-0.2, 0) is 19.4 Å². The van der Waals surface area contributed by atoms with Crippen LogP contribution >= 0.6 is 0 Å². The molecule has 0 radical (unpaired) electrons. The van der Waals surface area contributed by atoms with Gasteiger partial charge in [-0.25, -0.2) is 8.42 Å². The van der Waals surface area contributed by atoms with Gasteiger partial charge >= 0.3 is 5.97 Å². The maximum atomic E-state index is 11.6. The van der Waals surface area contributed by atoms with Crippen LogP contribution in [0.3, 0.4) is 0 Å². The summed E-state index contributed by atoms with van der Waals surface area (Å²) in [6.45, 7) is 4.33. The molecule has 7 nitrogen and oxygen atoms in total. The number of hydrogen-bond donors (Lipinski definition) is 2. The summed E-state index contributed by atoms with van der Waals surface area (Å²) in [6, 6.07) is -0.583. The number of nitrogens with zero attached hydrogens (tertiary/aromatic N) is 1. The number of aliphatic hydroxyl groups excluding tert-OH is 1. The molecule has 2 unspecified atom stereocenters. The second-order valence-corrected chi connectivity index (χ2v) is 7.63. The number of rotatable bonds is 7. The normalized spacial score (nSPS) is 24.7. The van der Waals surface area contributed by atoms with Crippen LogP contribution in [0.1, 0.15) is 20.3 Å². The number of aliphatic hydroxyl groups is 1. The van der Waals surface area contributed by atoms with Gasteiger partial charge in [-0.15, -0.1) is 0 Å². The SMILES string of the molecule is CC(C)OCC(O)CN1CCS(=O)(=O)CC1CC(=O)O. The number of aliphatic carboxylic acids is 1. The van der Waals surface area contributed by atoms with E-state index in [1.165, 1.54) is 0 Å². The molecule has 1 saturated heterocycles. The Morgan fingerprint density at radius 3 is 2.65 bits per heavy atom. The molecular weight excluding hydrogens is 286 g/mol. The zero-order valence-corrected chi connectivity index (χ0v) is 12.7. The van der Waals surface area contributed by atoms with Gasteiger partial charge in [-0.3, -0.25) is 9.69 Å². The molecule has 0 amide bonds. The molecule has 0 saturated carbocycles. The fraction of sp³-hybridized carbons (Fsp3) is 0.917. The van der Waals surface area contributed by atoms with Crippen LogP contribution in [0.2, 0.25) is 0 Å². The first-order valence-electron chi connectivity index (χ1n) is 6.65. The van der Waals surface area contributed by atoms with E-state index in [4.69, 9.17) is 9.84 Å². The summed E-state index contributed by atoms with van der Waals surface area (Å²) in [4.78, 5) is 12.5. The first kappa shape index (κ1) is 17.4. The van der Waals surface area contributed by atoms with Gasteiger partial charge in [0.05, 0.1) is 36.7 Å². The molecule has 0 spiro atoms. The number of carboxylic acids is 1. The van der Waals surface area contributed by atoms with E-state index < -0.39 is 28.0 Å². The maximum Gasteiger partial charge on any atom is 0.304 e. The molecule has 1 fully saturated rings. The van der Waals surface area contributed by atoms with Crippen LogP contribution in [-0.4, -0.2) is 79.0 Å². The Labute approximate surface area is 119 Å². The minimum Gasteiger partial charge on any atom is -0.481 e. The summed E-state index contributed by atoms with van der Waals surface area (Å²) < 4.78 is 28.5. The molecular formula is C12H23NO6S. The van der Waals surface area contributed by atoms with Crippen molar-refractivity contribution in [3.05, 3.63) is 0 Å². The Kier molecular flexibility index (Phi) is 6.38. The first-order valence-corrected chi connectivity index (χ1v) is 8.47. The Bertz CT molecular complexity index is 422. The summed E-state index contributed by atoms with van der Waals surface area (Å²) in [5.74, 6) is -1.21. The smallest absolute Gasteiger partial charge is 0.304 e.